The monoisotopic (exact) mass is 241 g/mol. The molecule has 1 fully saturated rings. The molecule has 0 bridgehead atoms. The van der Waals surface area contributed by atoms with Gasteiger partial charge in [0, 0.05) is 25.0 Å². The van der Waals surface area contributed by atoms with Crippen LogP contribution in [0.5, 0.6) is 0 Å². The van der Waals surface area contributed by atoms with Crippen molar-refractivity contribution in [2.24, 2.45) is 5.73 Å². The van der Waals surface area contributed by atoms with Crippen LogP contribution >= 0.6 is 0 Å². The molecule has 0 atom stereocenters. The Morgan fingerprint density at radius 1 is 1.41 bits per heavy atom. The van der Waals surface area contributed by atoms with Crippen LogP contribution in [0, 0.1) is 0 Å². The van der Waals surface area contributed by atoms with Crippen molar-refractivity contribution in [3.63, 3.8) is 0 Å². The average molecular weight is 241 g/mol. The van der Waals surface area contributed by atoms with Gasteiger partial charge in [0.05, 0.1) is 6.54 Å². The van der Waals surface area contributed by atoms with E-state index in [4.69, 9.17) is 5.73 Å². The lowest BCUT2D eigenvalue weighted by Gasteiger charge is -2.38. The van der Waals surface area contributed by atoms with E-state index in [1.807, 2.05) is 13.8 Å². The van der Waals surface area contributed by atoms with Gasteiger partial charge in [-0.15, -0.1) is 0 Å². The summed E-state index contributed by atoms with van der Waals surface area (Å²) >= 11 is 0. The predicted molar refractivity (Wildman–Crippen MR) is 66.3 cm³/mol. The third-order valence-corrected chi connectivity index (χ3v) is 3.11. The summed E-state index contributed by atoms with van der Waals surface area (Å²) < 4.78 is 0. The largest absolute Gasteiger partial charge is 0.352 e. The van der Waals surface area contributed by atoms with Gasteiger partial charge in [-0.3, -0.25) is 9.59 Å². The topological polar surface area (TPSA) is 75.4 Å². The predicted octanol–water partition coefficient (Wildman–Crippen LogP) is 0.241. The second-order valence-electron chi connectivity index (χ2n) is 5.36. The Labute approximate surface area is 103 Å². The molecule has 0 aromatic carbocycles. The van der Waals surface area contributed by atoms with Crippen LogP contribution in [0.2, 0.25) is 0 Å². The molecule has 5 nitrogen and oxygen atoms in total. The maximum atomic E-state index is 11.8. The van der Waals surface area contributed by atoms with Gasteiger partial charge in [0.25, 0.3) is 0 Å². The molecular weight excluding hydrogens is 218 g/mol. The molecule has 1 saturated carbocycles. The Kier molecular flexibility index (Phi) is 4.51. The maximum Gasteiger partial charge on any atom is 0.239 e. The van der Waals surface area contributed by atoms with Gasteiger partial charge in [0.2, 0.25) is 11.8 Å². The van der Waals surface area contributed by atoms with Crippen LogP contribution < -0.4 is 11.1 Å². The van der Waals surface area contributed by atoms with Crippen LogP contribution in [-0.4, -0.2) is 41.9 Å². The van der Waals surface area contributed by atoms with E-state index in [0.29, 0.717) is 6.42 Å². The molecule has 0 aromatic rings. The van der Waals surface area contributed by atoms with E-state index in [1.54, 1.807) is 7.05 Å². The van der Waals surface area contributed by atoms with E-state index >= 15 is 0 Å². The molecule has 0 radical (unpaired) electrons. The molecule has 0 unspecified atom stereocenters. The van der Waals surface area contributed by atoms with Crippen molar-refractivity contribution in [3.8, 4) is 0 Å². The van der Waals surface area contributed by atoms with Gasteiger partial charge in [-0.25, -0.2) is 0 Å². The molecule has 0 heterocycles. The Morgan fingerprint density at radius 2 is 2.00 bits per heavy atom. The molecule has 17 heavy (non-hydrogen) atoms. The number of carbonyl (C=O) groups excluding carboxylic acids is 2. The third-order valence-electron chi connectivity index (χ3n) is 3.11. The fourth-order valence-electron chi connectivity index (χ4n) is 1.92. The third kappa shape index (κ3) is 4.34. The number of nitrogens with zero attached hydrogens (tertiary/aromatic N) is 1. The highest BCUT2D eigenvalue weighted by molar-refractivity contribution is 5.85. The molecule has 3 N–H and O–H groups in total. The normalized spacial score (nSPS) is 17.5. The summed E-state index contributed by atoms with van der Waals surface area (Å²) in [6.45, 7) is 3.89. The molecule has 1 aliphatic rings. The molecule has 98 valence electrons. The Bertz CT molecular complexity index is 298. The maximum absolute atomic E-state index is 11.8. The van der Waals surface area contributed by atoms with Crippen LogP contribution in [0.4, 0.5) is 0 Å². The summed E-state index contributed by atoms with van der Waals surface area (Å²) in [6, 6.07) is 0.0958. The quantitative estimate of drug-likeness (QED) is 0.724. The lowest BCUT2D eigenvalue weighted by atomic mass is 9.75. The zero-order valence-corrected chi connectivity index (χ0v) is 11.0. The summed E-state index contributed by atoms with van der Waals surface area (Å²) in [7, 11) is 1.64. The van der Waals surface area contributed by atoms with Crippen LogP contribution in [0.3, 0.4) is 0 Å². The van der Waals surface area contributed by atoms with Crippen LogP contribution in [0.15, 0.2) is 0 Å². The van der Waals surface area contributed by atoms with Gasteiger partial charge in [-0.05, 0) is 33.1 Å². The van der Waals surface area contributed by atoms with E-state index < -0.39 is 0 Å². The molecular formula is C12H23N3O2. The fraction of sp³-hybridized carbons (Fsp3) is 0.833. The van der Waals surface area contributed by atoms with Gasteiger partial charge in [-0.1, -0.05) is 0 Å². The first-order valence-electron chi connectivity index (χ1n) is 6.15. The first-order valence-corrected chi connectivity index (χ1v) is 6.15. The molecule has 1 aliphatic carbocycles. The van der Waals surface area contributed by atoms with Crippen molar-refractivity contribution in [2.75, 3.05) is 13.6 Å². The smallest absolute Gasteiger partial charge is 0.239 e. The van der Waals surface area contributed by atoms with Gasteiger partial charge < -0.3 is 16.0 Å². The minimum Gasteiger partial charge on any atom is -0.352 e. The highest BCUT2D eigenvalue weighted by atomic mass is 16.2. The first-order chi connectivity index (χ1) is 7.82. The van der Waals surface area contributed by atoms with Crippen molar-refractivity contribution in [2.45, 2.75) is 51.1 Å². The Balaban J connectivity index is 2.33. The summed E-state index contributed by atoms with van der Waals surface area (Å²) in [4.78, 5) is 24.8. The van der Waals surface area contributed by atoms with Gasteiger partial charge in [0.1, 0.15) is 0 Å². The van der Waals surface area contributed by atoms with Crippen molar-refractivity contribution < 1.29 is 9.59 Å². The summed E-state index contributed by atoms with van der Waals surface area (Å²) in [5.74, 6) is -0.179. The summed E-state index contributed by atoms with van der Waals surface area (Å²) in [5.41, 5.74) is 5.69. The van der Waals surface area contributed by atoms with Crippen LogP contribution in [0.25, 0.3) is 0 Å². The minimum absolute atomic E-state index is 0.0499. The van der Waals surface area contributed by atoms with E-state index in [-0.39, 0.29) is 29.9 Å². The minimum atomic E-state index is -0.320. The highest BCUT2D eigenvalue weighted by Gasteiger charge is 2.35. The Hall–Kier alpha value is -1.10. The van der Waals surface area contributed by atoms with E-state index in [9.17, 15) is 9.59 Å². The van der Waals surface area contributed by atoms with E-state index in [2.05, 4.69) is 5.32 Å². The average Bonchev–Trinajstić information content (AvgIpc) is 2.13. The summed E-state index contributed by atoms with van der Waals surface area (Å²) in [6.07, 6.45) is 3.26. The number of nitrogens with one attached hydrogen (secondary N) is 1. The molecule has 0 aromatic heterocycles. The molecule has 5 heteroatoms. The van der Waals surface area contributed by atoms with E-state index in [0.717, 1.165) is 19.3 Å². The van der Waals surface area contributed by atoms with Crippen LogP contribution in [0.1, 0.15) is 39.5 Å². The van der Waals surface area contributed by atoms with Gasteiger partial charge in [0.15, 0.2) is 0 Å². The number of hydrogen-bond donors (Lipinski definition) is 2. The molecule has 0 aliphatic heterocycles. The number of rotatable bonds is 5. The zero-order valence-electron chi connectivity index (χ0n) is 11.0. The molecule has 2 amide bonds. The van der Waals surface area contributed by atoms with Crippen molar-refractivity contribution >= 4 is 11.8 Å². The lowest BCUT2D eigenvalue weighted by Crippen LogP contribution is -2.51. The van der Waals surface area contributed by atoms with Gasteiger partial charge >= 0.3 is 0 Å². The van der Waals surface area contributed by atoms with Crippen molar-refractivity contribution in [3.05, 3.63) is 0 Å². The van der Waals surface area contributed by atoms with Crippen molar-refractivity contribution in [1.82, 2.24) is 10.2 Å². The lowest BCUT2D eigenvalue weighted by molar-refractivity contribution is -0.136. The molecule has 0 saturated heterocycles. The van der Waals surface area contributed by atoms with Gasteiger partial charge in [-0.2, -0.15) is 0 Å². The molecule has 0 spiro atoms. The number of likely N-dealkylation sites (N-methyl/N-ethyl adjacent to an activating group) is 1. The Morgan fingerprint density at radius 3 is 2.41 bits per heavy atom. The van der Waals surface area contributed by atoms with E-state index in [1.165, 1.54) is 4.90 Å². The number of nitrogens with two attached hydrogens (primary N) is 1. The second kappa shape index (κ2) is 5.49. The van der Waals surface area contributed by atoms with Crippen molar-refractivity contribution in [1.29, 1.82) is 0 Å². The second-order valence-corrected chi connectivity index (χ2v) is 5.36. The number of carbonyl (C=O) groups is 2. The number of hydrogen-bond acceptors (Lipinski definition) is 3. The fourth-order valence-corrected chi connectivity index (χ4v) is 1.92. The highest BCUT2D eigenvalue weighted by Crippen LogP contribution is 2.32. The number of amides is 2. The first kappa shape index (κ1) is 14.0. The molecule has 1 rings (SSSR count). The van der Waals surface area contributed by atoms with Crippen LogP contribution in [-0.2, 0) is 9.59 Å². The standard InChI is InChI=1S/C12H23N3O2/c1-9(2)14-10(16)8-15(3)11(17)7-12(13)5-4-6-12/h9H,4-8,13H2,1-3H3,(H,14,16). The summed E-state index contributed by atoms with van der Waals surface area (Å²) in [5, 5.41) is 2.76. The SMILES string of the molecule is CC(C)NC(=O)CN(C)C(=O)CC1(N)CCC1. The zero-order chi connectivity index (χ0) is 13.1.